The lowest BCUT2D eigenvalue weighted by atomic mass is 10.1. The second-order valence-electron chi connectivity index (χ2n) is 3.85. The van der Waals surface area contributed by atoms with E-state index in [4.69, 9.17) is 5.11 Å². The number of carbonyl (C=O) groups excluding carboxylic acids is 1. The quantitative estimate of drug-likeness (QED) is 0.889. The van der Waals surface area contributed by atoms with Crippen molar-refractivity contribution in [3.05, 3.63) is 35.4 Å². The lowest BCUT2D eigenvalue weighted by Gasteiger charge is -2.16. The molecule has 1 atom stereocenters. The van der Waals surface area contributed by atoms with Crippen molar-refractivity contribution in [2.45, 2.75) is 19.1 Å². The van der Waals surface area contributed by atoms with E-state index in [1.807, 2.05) is 0 Å². The molecule has 0 fully saturated rings. The fourth-order valence-electron chi connectivity index (χ4n) is 1.42. The molecule has 0 aliphatic heterocycles. The highest BCUT2D eigenvalue weighted by Gasteiger charge is 2.30. The minimum atomic E-state index is -4.42. The summed E-state index contributed by atoms with van der Waals surface area (Å²) >= 11 is 0. The van der Waals surface area contributed by atoms with Crippen LogP contribution in [0.3, 0.4) is 0 Å². The summed E-state index contributed by atoms with van der Waals surface area (Å²) in [7, 11) is 0. The van der Waals surface area contributed by atoms with Crippen LogP contribution in [0.15, 0.2) is 24.3 Å². The fraction of sp³-hybridized carbons (Fsp3) is 0.417. The molecule has 0 heterocycles. The molecule has 1 amide bonds. The second-order valence-corrected chi connectivity index (χ2v) is 3.85. The zero-order valence-corrected chi connectivity index (χ0v) is 10.2. The van der Waals surface area contributed by atoms with Crippen molar-refractivity contribution < 1.29 is 27.8 Å². The van der Waals surface area contributed by atoms with E-state index in [9.17, 15) is 18.0 Å². The number of halogens is 3. The van der Waals surface area contributed by atoms with E-state index in [0.717, 1.165) is 12.1 Å². The third-order valence-electron chi connectivity index (χ3n) is 2.37. The van der Waals surface area contributed by atoms with E-state index < -0.39 is 23.9 Å². The number of amides is 1. The molecular formula is C12H14F3NO3. The van der Waals surface area contributed by atoms with E-state index in [1.54, 1.807) is 0 Å². The average molecular weight is 277 g/mol. The van der Waals surface area contributed by atoms with Crippen molar-refractivity contribution in [1.29, 1.82) is 0 Å². The summed E-state index contributed by atoms with van der Waals surface area (Å²) in [6.07, 6.45) is -5.22. The fourth-order valence-corrected chi connectivity index (χ4v) is 1.42. The first-order chi connectivity index (χ1) is 8.84. The van der Waals surface area contributed by atoms with Crippen molar-refractivity contribution in [1.82, 2.24) is 5.32 Å². The molecule has 1 unspecified atom stereocenters. The number of aliphatic hydroxyl groups excluding tert-OH is 1. The Kier molecular flexibility index (Phi) is 5.17. The zero-order chi connectivity index (χ0) is 14.5. The van der Waals surface area contributed by atoms with Crippen molar-refractivity contribution in [2.75, 3.05) is 13.2 Å². The third kappa shape index (κ3) is 4.78. The van der Waals surface area contributed by atoms with E-state index in [1.165, 1.54) is 19.1 Å². The Morgan fingerprint density at radius 1 is 1.47 bits per heavy atom. The molecule has 7 heteroatoms. The summed E-state index contributed by atoms with van der Waals surface area (Å²) < 4.78 is 42.1. The Morgan fingerprint density at radius 3 is 2.74 bits per heavy atom. The van der Waals surface area contributed by atoms with Gasteiger partial charge in [-0.25, -0.2) is 4.79 Å². The third-order valence-corrected chi connectivity index (χ3v) is 2.37. The number of aliphatic hydroxyl groups is 1. The number of hydrogen-bond donors (Lipinski definition) is 2. The van der Waals surface area contributed by atoms with Gasteiger partial charge in [-0.15, -0.1) is 0 Å². The standard InChI is InChI=1S/C12H14F3NO3/c1-8(16-11(18)19-6-5-17)9-3-2-4-10(7-9)12(13,14)15/h2-4,7-8,17H,5-6H2,1H3,(H,16,18). The van der Waals surface area contributed by atoms with Gasteiger partial charge in [0.2, 0.25) is 0 Å². The van der Waals surface area contributed by atoms with Crippen LogP contribution in [0.5, 0.6) is 0 Å². The van der Waals surface area contributed by atoms with Gasteiger partial charge in [0.15, 0.2) is 0 Å². The predicted octanol–water partition coefficient (Wildman–Crippen LogP) is 2.48. The molecule has 2 N–H and O–H groups in total. The molecule has 4 nitrogen and oxygen atoms in total. The lowest BCUT2D eigenvalue weighted by Crippen LogP contribution is -2.28. The number of benzene rings is 1. The summed E-state index contributed by atoms with van der Waals surface area (Å²) in [6.45, 7) is 1.06. The van der Waals surface area contributed by atoms with Crippen LogP contribution in [0.4, 0.5) is 18.0 Å². The van der Waals surface area contributed by atoms with Crippen molar-refractivity contribution >= 4 is 6.09 Å². The Bertz CT molecular complexity index is 434. The number of alkyl carbamates (subject to hydrolysis) is 1. The van der Waals surface area contributed by atoms with E-state index in [-0.39, 0.29) is 13.2 Å². The summed E-state index contributed by atoms with van der Waals surface area (Å²) in [5.41, 5.74) is -0.460. The molecule has 1 rings (SSSR count). The lowest BCUT2D eigenvalue weighted by molar-refractivity contribution is -0.137. The molecule has 106 valence electrons. The molecular weight excluding hydrogens is 263 g/mol. The zero-order valence-electron chi connectivity index (χ0n) is 10.2. The van der Waals surface area contributed by atoms with Gasteiger partial charge >= 0.3 is 12.3 Å². The van der Waals surface area contributed by atoms with Gasteiger partial charge in [-0.3, -0.25) is 0 Å². The van der Waals surface area contributed by atoms with Gasteiger partial charge < -0.3 is 15.2 Å². The number of nitrogens with one attached hydrogen (secondary N) is 1. The van der Waals surface area contributed by atoms with Gasteiger partial charge in [-0.2, -0.15) is 13.2 Å². The Labute approximate surface area is 108 Å². The van der Waals surface area contributed by atoms with Gasteiger partial charge in [0.1, 0.15) is 6.61 Å². The Hall–Kier alpha value is -1.76. The smallest absolute Gasteiger partial charge is 0.416 e. The van der Waals surface area contributed by atoms with Crippen LogP contribution in [0, 0.1) is 0 Å². The van der Waals surface area contributed by atoms with Gasteiger partial charge in [0.25, 0.3) is 0 Å². The molecule has 0 aliphatic carbocycles. The van der Waals surface area contributed by atoms with Crippen LogP contribution in [-0.4, -0.2) is 24.4 Å². The number of carbonyl (C=O) groups is 1. The largest absolute Gasteiger partial charge is 0.447 e. The van der Waals surface area contributed by atoms with Crippen LogP contribution < -0.4 is 5.32 Å². The van der Waals surface area contributed by atoms with Crippen LogP contribution in [0.25, 0.3) is 0 Å². The number of hydrogen-bond acceptors (Lipinski definition) is 3. The first kappa shape index (κ1) is 15.3. The van der Waals surface area contributed by atoms with Crippen LogP contribution >= 0.6 is 0 Å². The van der Waals surface area contributed by atoms with E-state index in [2.05, 4.69) is 10.1 Å². The highest BCUT2D eigenvalue weighted by atomic mass is 19.4. The molecule has 0 radical (unpaired) electrons. The second kappa shape index (κ2) is 6.42. The number of rotatable bonds is 4. The summed E-state index contributed by atoms with van der Waals surface area (Å²) in [6, 6.07) is 4.05. The summed E-state index contributed by atoms with van der Waals surface area (Å²) in [5, 5.41) is 10.8. The Morgan fingerprint density at radius 2 is 2.16 bits per heavy atom. The van der Waals surface area contributed by atoms with Gasteiger partial charge in [-0.1, -0.05) is 12.1 Å². The SMILES string of the molecule is CC(NC(=O)OCCO)c1cccc(C(F)(F)F)c1. The van der Waals surface area contributed by atoms with Crippen molar-refractivity contribution in [3.8, 4) is 0 Å². The molecule has 0 bridgehead atoms. The van der Waals surface area contributed by atoms with Gasteiger partial charge in [0.05, 0.1) is 18.2 Å². The monoisotopic (exact) mass is 277 g/mol. The normalized spacial score (nSPS) is 12.9. The molecule has 0 aromatic heterocycles. The number of alkyl halides is 3. The maximum Gasteiger partial charge on any atom is 0.416 e. The van der Waals surface area contributed by atoms with Crippen LogP contribution in [0.2, 0.25) is 0 Å². The van der Waals surface area contributed by atoms with Crippen LogP contribution in [0.1, 0.15) is 24.1 Å². The molecule has 0 saturated carbocycles. The van der Waals surface area contributed by atoms with Crippen molar-refractivity contribution in [2.24, 2.45) is 0 Å². The minimum absolute atomic E-state index is 0.166. The molecule has 1 aromatic carbocycles. The first-order valence-electron chi connectivity index (χ1n) is 5.56. The van der Waals surface area contributed by atoms with E-state index in [0.29, 0.717) is 5.56 Å². The molecule has 19 heavy (non-hydrogen) atoms. The van der Waals surface area contributed by atoms with Crippen molar-refractivity contribution in [3.63, 3.8) is 0 Å². The van der Waals surface area contributed by atoms with Crippen LogP contribution in [-0.2, 0) is 10.9 Å². The first-order valence-corrected chi connectivity index (χ1v) is 5.56. The minimum Gasteiger partial charge on any atom is -0.447 e. The van der Waals surface area contributed by atoms with Gasteiger partial charge in [-0.05, 0) is 24.6 Å². The molecule has 0 spiro atoms. The maximum atomic E-state index is 12.5. The Balaban J connectivity index is 2.72. The number of ether oxygens (including phenoxy) is 1. The van der Waals surface area contributed by atoms with Gasteiger partial charge in [0, 0.05) is 0 Å². The molecule has 0 saturated heterocycles. The predicted molar refractivity (Wildman–Crippen MR) is 61.4 cm³/mol. The summed E-state index contributed by atoms with van der Waals surface area (Å²) in [5.74, 6) is 0. The maximum absolute atomic E-state index is 12.5. The highest BCUT2D eigenvalue weighted by Crippen LogP contribution is 2.30. The highest BCUT2D eigenvalue weighted by molar-refractivity contribution is 5.67. The molecule has 1 aromatic rings. The average Bonchev–Trinajstić information content (AvgIpc) is 2.35. The van der Waals surface area contributed by atoms with E-state index >= 15 is 0 Å². The summed E-state index contributed by atoms with van der Waals surface area (Å²) in [4.78, 5) is 11.2. The topological polar surface area (TPSA) is 58.6 Å². The molecule has 0 aliphatic rings.